The maximum absolute atomic E-state index is 5.65. The highest BCUT2D eigenvalue weighted by molar-refractivity contribution is 5.34. The van der Waals surface area contributed by atoms with Gasteiger partial charge in [0.05, 0.1) is 17.6 Å². The minimum Gasteiger partial charge on any atom is -0.397 e. The summed E-state index contributed by atoms with van der Waals surface area (Å²) in [5.74, 6) is 0. The van der Waals surface area contributed by atoms with E-state index in [0.29, 0.717) is 0 Å². The summed E-state index contributed by atoms with van der Waals surface area (Å²) in [4.78, 5) is 9.25. The molecular weight excluding hydrogens is 212 g/mol. The molecule has 4 nitrogen and oxygen atoms in total. The molecule has 4 heteroatoms. The molecule has 1 aromatic rings. The van der Waals surface area contributed by atoms with Crippen LogP contribution < -0.4 is 5.73 Å². The monoisotopic (exact) mass is 234 g/mol. The molecule has 0 bridgehead atoms. The number of likely N-dealkylation sites (N-methyl/N-ethyl adjacent to an activating group) is 1. The maximum Gasteiger partial charge on any atom is 0.0545 e. The summed E-state index contributed by atoms with van der Waals surface area (Å²) in [6.45, 7) is 8.80. The van der Waals surface area contributed by atoms with Crippen LogP contribution in [0.15, 0.2) is 18.3 Å². The van der Waals surface area contributed by atoms with E-state index in [0.717, 1.165) is 37.6 Å². The van der Waals surface area contributed by atoms with E-state index in [1.807, 2.05) is 12.1 Å². The molecule has 2 rings (SSSR count). The Kier molecular flexibility index (Phi) is 3.35. The van der Waals surface area contributed by atoms with Crippen LogP contribution in [-0.2, 0) is 6.54 Å². The lowest BCUT2D eigenvalue weighted by molar-refractivity contribution is 0.0245. The molecule has 2 heterocycles. The summed E-state index contributed by atoms with van der Waals surface area (Å²) in [6, 6.07) is 3.94. The Morgan fingerprint density at radius 2 is 2.12 bits per heavy atom. The maximum atomic E-state index is 5.65. The van der Waals surface area contributed by atoms with E-state index in [2.05, 4.69) is 35.7 Å². The van der Waals surface area contributed by atoms with Crippen LogP contribution in [0.1, 0.15) is 19.5 Å². The van der Waals surface area contributed by atoms with Gasteiger partial charge in [-0.1, -0.05) is 0 Å². The smallest absolute Gasteiger partial charge is 0.0545 e. The van der Waals surface area contributed by atoms with Gasteiger partial charge in [0.15, 0.2) is 0 Å². The van der Waals surface area contributed by atoms with Crippen LogP contribution in [0.25, 0.3) is 0 Å². The van der Waals surface area contributed by atoms with Gasteiger partial charge in [0.1, 0.15) is 0 Å². The predicted octanol–water partition coefficient (Wildman–Crippen LogP) is 1.19. The highest BCUT2D eigenvalue weighted by Gasteiger charge is 2.32. The van der Waals surface area contributed by atoms with Gasteiger partial charge in [-0.05, 0) is 33.0 Å². The first kappa shape index (κ1) is 12.3. The van der Waals surface area contributed by atoms with Gasteiger partial charge in [-0.15, -0.1) is 0 Å². The Morgan fingerprint density at radius 1 is 1.35 bits per heavy atom. The van der Waals surface area contributed by atoms with E-state index in [1.54, 1.807) is 6.20 Å². The standard InChI is InChI=1S/C13H22N4/c1-13(2)10-16(3)6-7-17(13)9-12-5-4-11(14)8-15-12/h4-5,8H,6-7,9-10,14H2,1-3H3. The largest absolute Gasteiger partial charge is 0.397 e. The average molecular weight is 234 g/mol. The van der Waals surface area contributed by atoms with E-state index < -0.39 is 0 Å². The lowest BCUT2D eigenvalue weighted by Gasteiger charge is -2.46. The van der Waals surface area contributed by atoms with Gasteiger partial charge in [-0.25, -0.2) is 0 Å². The topological polar surface area (TPSA) is 45.4 Å². The molecule has 0 amide bonds. The summed E-state index contributed by atoms with van der Waals surface area (Å²) in [5.41, 5.74) is 7.68. The average Bonchev–Trinajstić information content (AvgIpc) is 2.24. The van der Waals surface area contributed by atoms with Crippen molar-refractivity contribution in [1.29, 1.82) is 0 Å². The Labute approximate surface area is 103 Å². The number of aromatic nitrogens is 1. The summed E-state index contributed by atoms with van der Waals surface area (Å²) < 4.78 is 0. The molecule has 0 radical (unpaired) electrons. The van der Waals surface area contributed by atoms with Gasteiger partial charge in [0, 0.05) is 31.7 Å². The van der Waals surface area contributed by atoms with Crippen molar-refractivity contribution in [3.63, 3.8) is 0 Å². The third-order valence-corrected chi connectivity index (χ3v) is 3.47. The van der Waals surface area contributed by atoms with Crippen molar-refractivity contribution in [2.45, 2.75) is 25.9 Å². The second-order valence-corrected chi connectivity index (χ2v) is 5.55. The SMILES string of the molecule is CN1CCN(Cc2ccc(N)cn2)C(C)(C)C1. The van der Waals surface area contributed by atoms with Crippen molar-refractivity contribution in [3.05, 3.63) is 24.0 Å². The van der Waals surface area contributed by atoms with Crippen LogP contribution in [0.5, 0.6) is 0 Å². The second kappa shape index (κ2) is 4.63. The van der Waals surface area contributed by atoms with Crippen molar-refractivity contribution < 1.29 is 0 Å². The van der Waals surface area contributed by atoms with Crippen LogP contribution >= 0.6 is 0 Å². The zero-order chi connectivity index (χ0) is 12.5. The number of anilines is 1. The number of nitrogens with two attached hydrogens (primary N) is 1. The van der Waals surface area contributed by atoms with Crippen molar-refractivity contribution in [3.8, 4) is 0 Å². The Hall–Kier alpha value is -1.13. The number of nitrogens with zero attached hydrogens (tertiary/aromatic N) is 3. The summed E-state index contributed by atoms with van der Waals surface area (Å²) >= 11 is 0. The molecule has 17 heavy (non-hydrogen) atoms. The minimum atomic E-state index is 0.204. The summed E-state index contributed by atoms with van der Waals surface area (Å²) in [7, 11) is 2.18. The molecule has 0 aliphatic carbocycles. The fourth-order valence-electron chi connectivity index (χ4n) is 2.45. The minimum absolute atomic E-state index is 0.204. The third-order valence-electron chi connectivity index (χ3n) is 3.47. The van der Waals surface area contributed by atoms with Gasteiger partial charge in [0.25, 0.3) is 0 Å². The number of hydrogen-bond donors (Lipinski definition) is 1. The molecule has 0 aromatic carbocycles. The molecule has 2 N–H and O–H groups in total. The molecular formula is C13H22N4. The molecule has 1 fully saturated rings. The van der Waals surface area contributed by atoms with Gasteiger partial charge < -0.3 is 10.6 Å². The summed E-state index contributed by atoms with van der Waals surface area (Å²) in [5, 5.41) is 0. The van der Waals surface area contributed by atoms with Crippen LogP contribution in [0.2, 0.25) is 0 Å². The van der Waals surface area contributed by atoms with Gasteiger partial charge in [0.2, 0.25) is 0 Å². The Balaban J connectivity index is 2.05. The van der Waals surface area contributed by atoms with E-state index in [1.165, 1.54) is 0 Å². The highest BCUT2D eigenvalue weighted by atomic mass is 15.3. The molecule has 1 aromatic heterocycles. The van der Waals surface area contributed by atoms with E-state index >= 15 is 0 Å². The molecule has 94 valence electrons. The van der Waals surface area contributed by atoms with E-state index in [9.17, 15) is 0 Å². The van der Waals surface area contributed by atoms with Gasteiger partial charge in [-0.3, -0.25) is 9.88 Å². The number of rotatable bonds is 2. The molecule has 1 aliphatic heterocycles. The highest BCUT2D eigenvalue weighted by Crippen LogP contribution is 2.21. The van der Waals surface area contributed by atoms with Crippen LogP contribution in [0.3, 0.4) is 0 Å². The van der Waals surface area contributed by atoms with Crippen molar-refractivity contribution in [1.82, 2.24) is 14.8 Å². The molecule has 0 atom stereocenters. The molecule has 0 spiro atoms. The first-order valence-corrected chi connectivity index (χ1v) is 6.11. The zero-order valence-corrected chi connectivity index (χ0v) is 11.0. The number of nitrogen functional groups attached to an aromatic ring is 1. The van der Waals surface area contributed by atoms with Crippen molar-refractivity contribution >= 4 is 5.69 Å². The van der Waals surface area contributed by atoms with Crippen LogP contribution in [0, 0.1) is 0 Å². The molecule has 1 aliphatic rings. The normalized spacial score (nSPS) is 21.6. The first-order valence-electron chi connectivity index (χ1n) is 6.11. The quantitative estimate of drug-likeness (QED) is 0.835. The molecule has 1 saturated heterocycles. The number of piperazine rings is 1. The van der Waals surface area contributed by atoms with Crippen molar-refractivity contribution in [2.24, 2.45) is 0 Å². The lowest BCUT2D eigenvalue weighted by Crippen LogP contribution is -2.57. The first-order chi connectivity index (χ1) is 7.97. The zero-order valence-electron chi connectivity index (χ0n) is 11.0. The Morgan fingerprint density at radius 3 is 2.71 bits per heavy atom. The molecule has 0 unspecified atom stereocenters. The van der Waals surface area contributed by atoms with Crippen LogP contribution in [-0.4, -0.2) is 47.0 Å². The number of hydrogen-bond acceptors (Lipinski definition) is 4. The van der Waals surface area contributed by atoms with Crippen molar-refractivity contribution in [2.75, 3.05) is 32.4 Å². The Bertz CT molecular complexity index is 372. The molecule has 0 saturated carbocycles. The second-order valence-electron chi connectivity index (χ2n) is 5.55. The fraction of sp³-hybridized carbons (Fsp3) is 0.615. The lowest BCUT2D eigenvalue weighted by atomic mass is 9.99. The number of pyridine rings is 1. The predicted molar refractivity (Wildman–Crippen MR) is 70.6 cm³/mol. The van der Waals surface area contributed by atoms with Crippen LogP contribution in [0.4, 0.5) is 5.69 Å². The fourth-order valence-corrected chi connectivity index (χ4v) is 2.45. The van der Waals surface area contributed by atoms with E-state index in [-0.39, 0.29) is 5.54 Å². The third kappa shape index (κ3) is 2.96. The summed E-state index contributed by atoms with van der Waals surface area (Å²) in [6.07, 6.45) is 1.73. The van der Waals surface area contributed by atoms with Gasteiger partial charge in [-0.2, -0.15) is 0 Å². The van der Waals surface area contributed by atoms with Gasteiger partial charge >= 0.3 is 0 Å². The van der Waals surface area contributed by atoms with E-state index in [4.69, 9.17) is 5.73 Å².